The largest absolute Gasteiger partial charge is 0.480 e. The van der Waals surface area contributed by atoms with E-state index in [-0.39, 0.29) is 12.5 Å². The Kier molecular flexibility index (Phi) is 3.77. The number of hydrogen-bond donors (Lipinski definition) is 2. The fraction of sp³-hybridized carbons (Fsp3) is 0.0833. The molecule has 7 nitrogen and oxygen atoms in total. The van der Waals surface area contributed by atoms with Crippen molar-refractivity contribution >= 4 is 23.6 Å². The lowest BCUT2D eigenvalue weighted by Gasteiger charge is -1.96. The van der Waals surface area contributed by atoms with Gasteiger partial charge in [-0.1, -0.05) is 0 Å². The molecule has 0 saturated heterocycles. The molecular formula is C12H11N3O4. The van der Waals surface area contributed by atoms with Crippen LogP contribution in [0.15, 0.2) is 41.3 Å². The quantitative estimate of drug-likeness (QED) is 0.788. The van der Waals surface area contributed by atoms with Crippen molar-refractivity contribution in [3.05, 3.63) is 42.6 Å². The third-order valence-electron chi connectivity index (χ3n) is 2.14. The Morgan fingerprint density at radius 3 is 3.05 bits per heavy atom. The van der Waals surface area contributed by atoms with E-state index in [1.807, 2.05) is 0 Å². The first-order valence-corrected chi connectivity index (χ1v) is 5.40. The maximum atomic E-state index is 11.5. The summed E-state index contributed by atoms with van der Waals surface area (Å²) in [5.74, 6) is -0.790. The van der Waals surface area contributed by atoms with Gasteiger partial charge in [-0.15, -0.1) is 0 Å². The van der Waals surface area contributed by atoms with Crippen LogP contribution in [0, 0.1) is 0 Å². The van der Waals surface area contributed by atoms with Crippen molar-refractivity contribution in [2.45, 2.75) is 6.54 Å². The molecule has 2 aromatic heterocycles. The van der Waals surface area contributed by atoms with E-state index in [1.54, 1.807) is 12.1 Å². The molecule has 7 heteroatoms. The summed E-state index contributed by atoms with van der Waals surface area (Å²) < 4.78 is 6.25. The van der Waals surface area contributed by atoms with Gasteiger partial charge in [-0.25, -0.2) is 0 Å². The molecule has 0 saturated carbocycles. The zero-order valence-corrected chi connectivity index (χ0v) is 9.81. The van der Waals surface area contributed by atoms with E-state index in [0.29, 0.717) is 11.4 Å². The smallest absolute Gasteiger partial charge is 0.325 e. The Labute approximate surface area is 108 Å². The Bertz CT molecular complexity index is 598. The standard InChI is InChI=1S/C12H11N3O4/c16-11(4-3-10-2-1-5-19-10)14-9-6-13-15(7-9)8-12(17)18/h1-7H,8H2,(H,14,16)(H,17,18)/b4-3+. The zero-order chi connectivity index (χ0) is 13.7. The predicted octanol–water partition coefficient (Wildman–Crippen LogP) is 1.21. The summed E-state index contributed by atoms with van der Waals surface area (Å²) in [4.78, 5) is 22.0. The topological polar surface area (TPSA) is 97.4 Å². The van der Waals surface area contributed by atoms with E-state index in [9.17, 15) is 9.59 Å². The summed E-state index contributed by atoms with van der Waals surface area (Å²) in [5, 5.41) is 14.9. The number of nitrogens with one attached hydrogen (secondary N) is 1. The molecule has 0 atom stereocenters. The molecule has 0 aliphatic heterocycles. The highest BCUT2D eigenvalue weighted by atomic mass is 16.4. The van der Waals surface area contributed by atoms with Crippen LogP contribution >= 0.6 is 0 Å². The van der Waals surface area contributed by atoms with Crippen LogP contribution in [-0.4, -0.2) is 26.8 Å². The summed E-state index contributed by atoms with van der Waals surface area (Å²) in [6.45, 7) is -0.252. The van der Waals surface area contributed by atoms with Crippen LogP contribution in [0.4, 0.5) is 5.69 Å². The summed E-state index contributed by atoms with van der Waals surface area (Å²) in [6.07, 6.45) is 7.16. The number of nitrogens with zero attached hydrogens (tertiary/aromatic N) is 2. The fourth-order valence-electron chi connectivity index (χ4n) is 1.38. The van der Waals surface area contributed by atoms with Crippen LogP contribution in [0.25, 0.3) is 6.08 Å². The molecule has 1 amide bonds. The van der Waals surface area contributed by atoms with Gasteiger partial charge in [0.25, 0.3) is 0 Å². The molecule has 0 bridgehead atoms. The molecule has 0 aromatic carbocycles. The molecular weight excluding hydrogens is 250 g/mol. The third kappa shape index (κ3) is 3.84. The maximum Gasteiger partial charge on any atom is 0.325 e. The first-order chi connectivity index (χ1) is 9.13. The van der Waals surface area contributed by atoms with E-state index in [0.717, 1.165) is 0 Å². The van der Waals surface area contributed by atoms with Crippen LogP contribution in [-0.2, 0) is 16.1 Å². The summed E-state index contributed by atoms with van der Waals surface area (Å²) in [7, 11) is 0. The highest BCUT2D eigenvalue weighted by Gasteiger charge is 2.04. The average molecular weight is 261 g/mol. The number of rotatable bonds is 5. The normalized spacial score (nSPS) is 10.7. The fourth-order valence-corrected chi connectivity index (χ4v) is 1.38. The number of amides is 1. The summed E-state index contributed by atoms with van der Waals surface area (Å²) in [5.41, 5.74) is 0.426. The number of aromatic nitrogens is 2. The number of anilines is 1. The van der Waals surface area contributed by atoms with Gasteiger partial charge in [-0.3, -0.25) is 14.3 Å². The van der Waals surface area contributed by atoms with Gasteiger partial charge < -0.3 is 14.8 Å². The van der Waals surface area contributed by atoms with Gasteiger partial charge in [0, 0.05) is 12.3 Å². The van der Waals surface area contributed by atoms with Crippen molar-refractivity contribution in [2.24, 2.45) is 0 Å². The Balaban J connectivity index is 1.91. The van der Waals surface area contributed by atoms with Crippen molar-refractivity contribution < 1.29 is 19.1 Å². The average Bonchev–Trinajstić information content (AvgIpc) is 2.97. The molecule has 0 spiro atoms. The number of carboxylic acids is 1. The number of carbonyl (C=O) groups excluding carboxylic acids is 1. The molecule has 19 heavy (non-hydrogen) atoms. The monoisotopic (exact) mass is 261 g/mol. The van der Waals surface area contributed by atoms with E-state index in [1.165, 1.54) is 35.5 Å². The molecule has 2 rings (SSSR count). The summed E-state index contributed by atoms with van der Waals surface area (Å²) in [6, 6.07) is 3.43. The molecule has 0 unspecified atom stereocenters. The lowest BCUT2D eigenvalue weighted by Crippen LogP contribution is -2.09. The highest BCUT2D eigenvalue weighted by molar-refractivity contribution is 6.01. The minimum atomic E-state index is -1.00. The molecule has 0 aliphatic rings. The van der Waals surface area contributed by atoms with Gasteiger partial charge in [0.2, 0.25) is 5.91 Å². The molecule has 2 aromatic rings. The van der Waals surface area contributed by atoms with Crippen LogP contribution in [0.1, 0.15) is 5.76 Å². The minimum absolute atomic E-state index is 0.252. The lowest BCUT2D eigenvalue weighted by molar-refractivity contribution is -0.137. The Hall–Kier alpha value is -2.83. The van der Waals surface area contributed by atoms with Gasteiger partial charge in [0.05, 0.1) is 18.1 Å². The van der Waals surface area contributed by atoms with Crippen LogP contribution < -0.4 is 5.32 Å². The molecule has 0 radical (unpaired) electrons. The zero-order valence-electron chi connectivity index (χ0n) is 9.81. The number of carbonyl (C=O) groups is 2. The third-order valence-corrected chi connectivity index (χ3v) is 2.14. The van der Waals surface area contributed by atoms with Gasteiger partial charge in [-0.05, 0) is 18.2 Å². The lowest BCUT2D eigenvalue weighted by atomic mass is 10.4. The maximum absolute atomic E-state index is 11.5. The minimum Gasteiger partial charge on any atom is -0.480 e. The van der Waals surface area contributed by atoms with Crippen molar-refractivity contribution in [2.75, 3.05) is 5.32 Å². The van der Waals surface area contributed by atoms with Crippen molar-refractivity contribution in [1.29, 1.82) is 0 Å². The van der Waals surface area contributed by atoms with Crippen molar-refractivity contribution in [3.8, 4) is 0 Å². The van der Waals surface area contributed by atoms with E-state index in [2.05, 4.69) is 10.4 Å². The Morgan fingerprint density at radius 2 is 2.37 bits per heavy atom. The highest BCUT2D eigenvalue weighted by Crippen LogP contribution is 2.06. The van der Waals surface area contributed by atoms with Gasteiger partial charge in [-0.2, -0.15) is 5.10 Å². The molecule has 0 fully saturated rings. The van der Waals surface area contributed by atoms with Gasteiger partial charge in [0.15, 0.2) is 0 Å². The number of furan rings is 1. The summed E-state index contributed by atoms with van der Waals surface area (Å²) >= 11 is 0. The second kappa shape index (κ2) is 5.67. The van der Waals surface area contributed by atoms with Crippen LogP contribution in [0.3, 0.4) is 0 Å². The molecule has 2 heterocycles. The number of aliphatic carboxylic acids is 1. The first kappa shape index (κ1) is 12.6. The Morgan fingerprint density at radius 1 is 1.53 bits per heavy atom. The predicted molar refractivity (Wildman–Crippen MR) is 66.2 cm³/mol. The number of hydrogen-bond acceptors (Lipinski definition) is 4. The van der Waals surface area contributed by atoms with E-state index < -0.39 is 5.97 Å². The first-order valence-electron chi connectivity index (χ1n) is 5.40. The molecule has 98 valence electrons. The van der Waals surface area contributed by atoms with Crippen LogP contribution in [0.5, 0.6) is 0 Å². The van der Waals surface area contributed by atoms with Gasteiger partial charge >= 0.3 is 5.97 Å². The molecule has 2 N–H and O–H groups in total. The SMILES string of the molecule is O=C(O)Cn1cc(NC(=O)/C=C/c2ccco2)cn1. The second-order valence-corrected chi connectivity index (χ2v) is 3.66. The van der Waals surface area contributed by atoms with Crippen molar-refractivity contribution in [3.63, 3.8) is 0 Å². The second-order valence-electron chi connectivity index (χ2n) is 3.66. The van der Waals surface area contributed by atoms with E-state index >= 15 is 0 Å². The van der Waals surface area contributed by atoms with Gasteiger partial charge in [0.1, 0.15) is 12.3 Å². The van der Waals surface area contributed by atoms with Crippen molar-refractivity contribution in [1.82, 2.24) is 9.78 Å². The molecule has 0 aliphatic carbocycles. The van der Waals surface area contributed by atoms with E-state index in [4.69, 9.17) is 9.52 Å². The van der Waals surface area contributed by atoms with Crippen LogP contribution in [0.2, 0.25) is 0 Å². The number of carboxylic acid groups (broad SMARTS) is 1.